The SMILES string of the molecule is Nc1ncc(C2CC2)cc1/C=C/C(=O)O. The first kappa shape index (κ1) is 9.71. The second-order valence-electron chi connectivity index (χ2n) is 3.69. The Morgan fingerprint density at radius 3 is 2.93 bits per heavy atom. The van der Waals surface area contributed by atoms with E-state index in [9.17, 15) is 4.79 Å². The molecule has 2 rings (SSSR count). The third-order valence-electron chi connectivity index (χ3n) is 2.42. The molecule has 1 aromatic rings. The first-order valence-electron chi connectivity index (χ1n) is 4.83. The largest absolute Gasteiger partial charge is 0.478 e. The predicted octanol–water partition coefficient (Wildman–Crippen LogP) is 1.64. The van der Waals surface area contributed by atoms with Gasteiger partial charge in [-0.2, -0.15) is 0 Å². The van der Waals surface area contributed by atoms with Gasteiger partial charge in [0.25, 0.3) is 0 Å². The molecule has 0 aromatic carbocycles. The van der Waals surface area contributed by atoms with E-state index in [1.54, 1.807) is 6.20 Å². The van der Waals surface area contributed by atoms with E-state index in [2.05, 4.69) is 4.98 Å². The third-order valence-corrected chi connectivity index (χ3v) is 2.42. The van der Waals surface area contributed by atoms with Gasteiger partial charge in [0.1, 0.15) is 5.82 Å². The number of aromatic nitrogens is 1. The maximum absolute atomic E-state index is 10.4. The molecule has 0 aliphatic heterocycles. The van der Waals surface area contributed by atoms with E-state index < -0.39 is 5.97 Å². The van der Waals surface area contributed by atoms with Crippen LogP contribution in [0.3, 0.4) is 0 Å². The number of nitrogens with two attached hydrogens (primary N) is 1. The van der Waals surface area contributed by atoms with E-state index in [4.69, 9.17) is 10.8 Å². The number of carboxylic acid groups (broad SMARTS) is 1. The number of anilines is 1. The van der Waals surface area contributed by atoms with Crippen molar-refractivity contribution < 1.29 is 9.90 Å². The molecule has 4 nitrogen and oxygen atoms in total. The highest BCUT2D eigenvalue weighted by Crippen LogP contribution is 2.40. The number of carboxylic acids is 1. The van der Waals surface area contributed by atoms with E-state index in [1.807, 2.05) is 6.07 Å². The summed E-state index contributed by atoms with van der Waals surface area (Å²) in [5, 5.41) is 8.51. The van der Waals surface area contributed by atoms with Crippen molar-refractivity contribution in [2.75, 3.05) is 5.73 Å². The highest BCUT2D eigenvalue weighted by molar-refractivity contribution is 5.86. The number of carbonyl (C=O) groups is 1. The van der Waals surface area contributed by atoms with Crippen molar-refractivity contribution in [3.63, 3.8) is 0 Å². The zero-order valence-electron chi connectivity index (χ0n) is 8.18. The van der Waals surface area contributed by atoms with E-state index >= 15 is 0 Å². The van der Waals surface area contributed by atoms with E-state index in [0.717, 1.165) is 11.6 Å². The second-order valence-corrected chi connectivity index (χ2v) is 3.69. The molecule has 1 saturated carbocycles. The monoisotopic (exact) mass is 204 g/mol. The van der Waals surface area contributed by atoms with Crippen LogP contribution in [0.2, 0.25) is 0 Å². The van der Waals surface area contributed by atoms with Crippen molar-refractivity contribution in [1.29, 1.82) is 0 Å². The minimum absolute atomic E-state index is 0.372. The highest BCUT2D eigenvalue weighted by atomic mass is 16.4. The average molecular weight is 204 g/mol. The maximum Gasteiger partial charge on any atom is 0.328 e. The van der Waals surface area contributed by atoms with Crippen LogP contribution in [0, 0.1) is 0 Å². The first-order chi connectivity index (χ1) is 7.16. The molecule has 0 amide bonds. The van der Waals surface area contributed by atoms with Gasteiger partial charge in [-0.15, -0.1) is 0 Å². The average Bonchev–Trinajstić information content (AvgIpc) is 3.00. The fourth-order valence-electron chi connectivity index (χ4n) is 1.44. The molecule has 78 valence electrons. The van der Waals surface area contributed by atoms with Crippen LogP contribution >= 0.6 is 0 Å². The van der Waals surface area contributed by atoms with Gasteiger partial charge in [0.2, 0.25) is 0 Å². The number of hydrogen-bond donors (Lipinski definition) is 2. The van der Waals surface area contributed by atoms with E-state index in [-0.39, 0.29) is 0 Å². The van der Waals surface area contributed by atoms with Crippen LogP contribution in [0.15, 0.2) is 18.3 Å². The number of aliphatic carboxylic acids is 1. The third kappa shape index (κ3) is 2.34. The smallest absolute Gasteiger partial charge is 0.328 e. The van der Waals surface area contributed by atoms with E-state index in [1.165, 1.54) is 18.9 Å². The van der Waals surface area contributed by atoms with Crippen LogP contribution < -0.4 is 5.73 Å². The Morgan fingerprint density at radius 1 is 1.60 bits per heavy atom. The highest BCUT2D eigenvalue weighted by Gasteiger charge is 2.24. The molecule has 0 unspecified atom stereocenters. The lowest BCUT2D eigenvalue weighted by molar-refractivity contribution is -0.131. The van der Waals surface area contributed by atoms with Crippen LogP contribution in [0.4, 0.5) is 5.82 Å². The lowest BCUT2D eigenvalue weighted by atomic mass is 10.1. The van der Waals surface area contributed by atoms with E-state index in [0.29, 0.717) is 17.3 Å². The summed E-state index contributed by atoms with van der Waals surface area (Å²) in [5.74, 6) is -0.0156. The Morgan fingerprint density at radius 2 is 2.33 bits per heavy atom. The molecule has 0 atom stereocenters. The van der Waals surface area contributed by atoms with Gasteiger partial charge < -0.3 is 10.8 Å². The van der Waals surface area contributed by atoms with Crippen LogP contribution in [-0.4, -0.2) is 16.1 Å². The molecule has 15 heavy (non-hydrogen) atoms. The number of nitrogen functional groups attached to an aromatic ring is 1. The summed E-state index contributed by atoms with van der Waals surface area (Å²) >= 11 is 0. The van der Waals surface area contributed by atoms with Crippen molar-refractivity contribution in [1.82, 2.24) is 4.98 Å². The Labute approximate surface area is 87.4 Å². The molecule has 1 fully saturated rings. The minimum atomic E-state index is -0.980. The molecule has 0 spiro atoms. The van der Waals surface area contributed by atoms with Gasteiger partial charge in [-0.1, -0.05) is 0 Å². The molecule has 1 aromatic heterocycles. The lowest BCUT2D eigenvalue weighted by Crippen LogP contribution is -1.96. The van der Waals surface area contributed by atoms with Crippen LogP contribution in [-0.2, 0) is 4.79 Å². The van der Waals surface area contributed by atoms with Crippen molar-refractivity contribution in [2.45, 2.75) is 18.8 Å². The zero-order chi connectivity index (χ0) is 10.8. The molecule has 0 bridgehead atoms. The summed E-state index contributed by atoms with van der Waals surface area (Å²) in [6.45, 7) is 0. The second kappa shape index (κ2) is 3.73. The van der Waals surface area contributed by atoms with Gasteiger partial charge in [-0.05, 0) is 36.5 Å². The lowest BCUT2D eigenvalue weighted by Gasteiger charge is -2.02. The molecule has 1 aliphatic carbocycles. The minimum Gasteiger partial charge on any atom is -0.478 e. The molecular formula is C11H12N2O2. The van der Waals surface area contributed by atoms with Crippen molar-refractivity contribution in [3.05, 3.63) is 29.5 Å². The van der Waals surface area contributed by atoms with Crippen LogP contribution in [0.1, 0.15) is 29.9 Å². The quantitative estimate of drug-likeness (QED) is 0.734. The summed E-state index contributed by atoms with van der Waals surface area (Å²) in [6.07, 6.45) is 6.70. The van der Waals surface area contributed by atoms with Gasteiger partial charge in [0.15, 0.2) is 0 Å². The first-order valence-corrected chi connectivity index (χ1v) is 4.83. The molecule has 4 heteroatoms. The molecule has 0 saturated heterocycles. The standard InChI is InChI=1S/C11H12N2O2/c12-11-8(3-4-10(14)15)5-9(6-13-11)7-1-2-7/h3-7H,1-2H2,(H2,12,13)(H,14,15)/b4-3+. The van der Waals surface area contributed by atoms with Crippen molar-refractivity contribution in [3.8, 4) is 0 Å². The van der Waals surface area contributed by atoms with Gasteiger partial charge in [-0.3, -0.25) is 0 Å². The van der Waals surface area contributed by atoms with Gasteiger partial charge in [0.05, 0.1) is 0 Å². The number of nitrogens with zero attached hydrogens (tertiary/aromatic N) is 1. The van der Waals surface area contributed by atoms with Crippen molar-refractivity contribution >= 4 is 17.9 Å². The van der Waals surface area contributed by atoms with Gasteiger partial charge in [0, 0.05) is 17.8 Å². The number of rotatable bonds is 3. The zero-order valence-corrected chi connectivity index (χ0v) is 8.18. The van der Waals surface area contributed by atoms with Gasteiger partial charge in [-0.25, -0.2) is 9.78 Å². The van der Waals surface area contributed by atoms with Crippen LogP contribution in [0.5, 0.6) is 0 Å². The normalized spacial score (nSPS) is 15.7. The Kier molecular flexibility index (Phi) is 2.41. The summed E-state index contributed by atoms with van der Waals surface area (Å²) < 4.78 is 0. The van der Waals surface area contributed by atoms with Gasteiger partial charge >= 0.3 is 5.97 Å². The van der Waals surface area contributed by atoms with Crippen molar-refractivity contribution in [2.24, 2.45) is 0 Å². The predicted molar refractivity (Wildman–Crippen MR) is 57.3 cm³/mol. The summed E-state index contributed by atoms with van der Waals surface area (Å²) in [5.41, 5.74) is 7.47. The fourth-order valence-corrected chi connectivity index (χ4v) is 1.44. The number of pyridine rings is 1. The molecular weight excluding hydrogens is 192 g/mol. The summed E-state index contributed by atoms with van der Waals surface area (Å²) in [6, 6.07) is 1.92. The number of hydrogen-bond acceptors (Lipinski definition) is 3. The molecule has 1 heterocycles. The summed E-state index contributed by atoms with van der Waals surface area (Å²) in [4.78, 5) is 14.4. The topological polar surface area (TPSA) is 76.2 Å². The fraction of sp³-hybridized carbons (Fsp3) is 0.273. The maximum atomic E-state index is 10.4. The molecule has 3 N–H and O–H groups in total. The Bertz CT molecular complexity index is 423. The Balaban J connectivity index is 2.27. The summed E-state index contributed by atoms with van der Waals surface area (Å²) in [7, 11) is 0. The Hall–Kier alpha value is -1.84. The molecule has 1 aliphatic rings. The van der Waals surface area contributed by atoms with Crippen LogP contribution in [0.25, 0.3) is 6.08 Å². The molecule has 0 radical (unpaired) electrons.